The standard InChI is InChI=1S/C30H26F6N2O2/c1-15-5-19(6-16(2)27(15)39-25-11-21(29(31,32)33)9-23(37)13-25)20-7-17(3)28(18(4)8-20)40-26-12-22(30(34,35)36)10-24(38)14-26/h5-14H,37-38H2,1-4H3. The highest BCUT2D eigenvalue weighted by Gasteiger charge is 2.32. The summed E-state index contributed by atoms with van der Waals surface area (Å²) in [4.78, 5) is 0. The molecule has 0 aromatic heterocycles. The van der Waals surface area contributed by atoms with E-state index in [-0.39, 0.29) is 22.9 Å². The van der Waals surface area contributed by atoms with Crippen molar-refractivity contribution in [2.24, 2.45) is 0 Å². The number of halogens is 6. The fourth-order valence-corrected chi connectivity index (χ4v) is 4.48. The first-order valence-electron chi connectivity index (χ1n) is 12.1. The zero-order valence-corrected chi connectivity index (χ0v) is 22.0. The second-order valence-corrected chi connectivity index (χ2v) is 9.66. The summed E-state index contributed by atoms with van der Waals surface area (Å²) in [5.74, 6) is 0.736. The van der Waals surface area contributed by atoms with Crippen molar-refractivity contribution in [1.82, 2.24) is 0 Å². The third-order valence-electron chi connectivity index (χ3n) is 6.21. The van der Waals surface area contributed by atoms with E-state index in [1.165, 1.54) is 12.1 Å². The minimum Gasteiger partial charge on any atom is -0.457 e. The molecule has 4 nitrogen and oxygen atoms in total. The van der Waals surface area contributed by atoms with Crippen LogP contribution < -0.4 is 20.9 Å². The number of anilines is 2. The van der Waals surface area contributed by atoms with E-state index in [4.69, 9.17) is 20.9 Å². The Hall–Kier alpha value is -4.34. The summed E-state index contributed by atoms with van der Waals surface area (Å²) < 4.78 is 90.9. The molecule has 0 heterocycles. The molecule has 0 bridgehead atoms. The van der Waals surface area contributed by atoms with Crippen LogP contribution in [0.15, 0.2) is 60.7 Å². The minimum atomic E-state index is -4.57. The van der Waals surface area contributed by atoms with Crippen LogP contribution >= 0.6 is 0 Å². The molecule has 0 amide bonds. The van der Waals surface area contributed by atoms with E-state index in [9.17, 15) is 26.3 Å². The Kier molecular flexibility index (Phi) is 7.40. The molecule has 40 heavy (non-hydrogen) atoms. The molecule has 4 N–H and O–H groups in total. The van der Waals surface area contributed by atoms with Gasteiger partial charge in [-0.25, -0.2) is 0 Å². The molecule has 0 atom stereocenters. The van der Waals surface area contributed by atoms with Crippen molar-refractivity contribution < 1.29 is 35.8 Å². The number of benzene rings is 4. The SMILES string of the molecule is Cc1cc(-c2cc(C)c(Oc3cc(N)cc(C(F)(F)F)c3)c(C)c2)cc(C)c1Oc1cc(N)cc(C(F)(F)F)c1. The Balaban J connectivity index is 1.65. The third kappa shape index (κ3) is 6.27. The number of aryl methyl sites for hydroxylation is 4. The van der Waals surface area contributed by atoms with Gasteiger partial charge in [0.1, 0.15) is 23.0 Å². The molecule has 0 saturated carbocycles. The summed E-state index contributed by atoms with van der Waals surface area (Å²) in [6.45, 7) is 7.10. The van der Waals surface area contributed by atoms with Gasteiger partial charge in [0.15, 0.2) is 0 Å². The van der Waals surface area contributed by atoms with E-state index in [0.29, 0.717) is 33.8 Å². The summed E-state index contributed by atoms with van der Waals surface area (Å²) in [5.41, 5.74) is 13.7. The third-order valence-corrected chi connectivity index (χ3v) is 6.21. The number of hydrogen-bond donors (Lipinski definition) is 2. The maximum atomic E-state index is 13.2. The number of ether oxygens (including phenoxy) is 2. The van der Waals surface area contributed by atoms with Crippen LogP contribution in [0.3, 0.4) is 0 Å². The average molecular weight is 561 g/mol. The van der Waals surface area contributed by atoms with Crippen LogP contribution in [0.2, 0.25) is 0 Å². The van der Waals surface area contributed by atoms with E-state index in [0.717, 1.165) is 35.4 Å². The zero-order valence-electron chi connectivity index (χ0n) is 22.0. The lowest BCUT2D eigenvalue weighted by Gasteiger charge is -2.18. The smallest absolute Gasteiger partial charge is 0.416 e. The van der Waals surface area contributed by atoms with Gasteiger partial charge in [0, 0.05) is 23.5 Å². The van der Waals surface area contributed by atoms with E-state index in [1.54, 1.807) is 27.7 Å². The molecule has 0 unspecified atom stereocenters. The van der Waals surface area contributed by atoms with Crippen LogP contribution in [-0.4, -0.2) is 0 Å². The van der Waals surface area contributed by atoms with Crippen molar-refractivity contribution in [2.75, 3.05) is 11.5 Å². The lowest BCUT2D eigenvalue weighted by molar-refractivity contribution is -0.138. The monoisotopic (exact) mass is 560 g/mol. The predicted molar refractivity (Wildman–Crippen MR) is 143 cm³/mol. The van der Waals surface area contributed by atoms with Gasteiger partial charge in [-0.05, 0) is 110 Å². The van der Waals surface area contributed by atoms with Crippen molar-refractivity contribution in [3.05, 3.63) is 94.0 Å². The second-order valence-electron chi connectivity index (χ2n) is 9.66. The molecule has 4 aromatic carbocycles. The number of nitrogen functional groups attached to an aromatic ring is 2. The van der Waals surface area contributed by atoms with Crippen molar-refractivity contribution in [3.8, 4) is 34.1 Å². The van der Waals surface area contributed by atoms with Gasteiger partial charge in [-0.3, -0.25) is 0 Å². The molecule has 0 fully saturated rings. The molecular weight excluding hydrogens is 534 g/mol. The van der Waals surface area contributed by atoms with Crippen LogP contribution in [0.1, 0.15) is 33.4 Å². The fraction of sp³-hybridized carbons (Fsp3) is 0.200. The topological polar surface area (TPSA) is 70.5 Å². The maximum absolute atomic E-state index is 13.2. The summed E-state index contributed by atoms with van der Waals surface area (Å²) >= 11 is 0. The van der Waals surface area contributed by atoms with Gasteiger partial charge in [-0.1, -0.05) is 0 Å². The van der Waals surface area contributed by atoms with Crippen molar-refractivity contribution in [2.45, 2.75) is 40.0 Å². The molecular formula is C30H26F6N2O2. The van der Waals surface area contributed by atoms with Crippen molar-refractivity contribution >= 4 is 11.4 Å². The van der Waals surface area contributed by atoms with Gasteiger partial charge in [0.2, 0.25) is 0 Å². The predicted octanol–water partition coefficient (Wildman–Crippen LogP) is 9.37. The van der Waals surface area contributed by atoms with Crippen LogP contribution in [0.4, 0.5) is 37.7 Å². The molecule has 10 heteroatoms. The first-order chi connectivity index (χ1) is 18.5. The highest BCUT2D eigenvalue weighted by Crippen LogP contribution is 2.40. The van der Waals surface area contributed by atoms with Crippen LogP contribution in [0, 0.1) is 27.7 Å². The quantitative estimate of drug-likeness (QED) is 0.188. The number of alkyl halides is 6. The number of hydrogen-bond acceptors (Lipinski definition) is 4. The number of rotatable bonds is 5. The van der Waals surface area contributed by atoms with Crippen molar-refractivity contribution in [1.29, 1.82) is 0 Å². The molecule has 210 valence electrons. The molecule has 0 spiro atoms. The summed E-state index contributed by atoms with van der Waals surface area (Å²) in [5, 5.41) is 0. The fourth-order valence-electron chi connectivity index (χ4n) is 4.48. The molecule has 0 saturated heterocycles. The first-order valence-corrected chi connectivity index (χ1v) is 12.1. The van der Waals surface area contributed by atoms with Gasteiger partial charge in [-0.2, -0.15) is 26.3 Å². The van der Waals surface area contributed by atoms with Crippen molar-refractivity contribution in [3.63, 3.8) is 0 Å². The molecule has 0 aliphatic heterocycles. The molecule has 0 aliphatic rings. The summed E-state index contributed by atoms with van der Waals surface area (Å²) in [6.07, 6.45) is -9.14. The van der Waals surface area contributed by atoms with Crippen LogP contribution in [0.25, 0.3) is 11.1 Å². The Bertz CT molecular complexity index is 1430. The highest BCUT2D eigenvalue weighted by atomic mass is 19.4. The Morgan fingerprint density at radius 1 is 0.475 bits per heavy atom. The Labute approximate surface area is 227 Å². The average Bonchev–Trinajstić information content (AvgIpc) is 2.81. The lowest BCUT2D eigenvalue weighted by Crippen LogP contribution is -2.06. The van der Waals surface area contributed by atoms with Crippen LogP contribution in [0.5, 0.6) is 23.0 Å². The maximum Gasteiger partial charge on any atom is 0.416 e. The largest absolute Gasteiger partial charge is 0.457 e. The molecule has 4 aromatic rings. The van der Waals surface area contributed by atoms with Gasteiger partial charge in [0.25, 0.3) is 0 Å². The van der Waals surface area contributed by atoms with Gasteiger partial charge >= 0.3 is 12.4 Å². The van der Waals surface area contributed by atoms with Crippen LogP contribution in [-0.2, 0) is 12.4 Å². The minimum absolute atomic E-state index is 0.0327. The molecule has 0 radical (unpaired) electrons. The number of nitrogens with two attached hydrogens (primary N) is 2. The van der Waals surface area contributed by atoms with E-state index in [1.807, 2.05) is 24.3 Å². The zero-order chi connectivity index (χ0) is 29.6. The Morgan fingerprint density at radius 3 is 1.05 bits per heavy atom. The van der Waals surface area contributed by atoms with E-state index in [2.05, 4.69) is 0 Å². The summed E-state index contributed by atoms with van der Waals surface area (Å²) in [6, 6.07) is 13.5. The molecule has 0 aliphatic carbocycles. The van der Waals surface area contributed by atoms with Gasteiger partial charge in [-0.15, -0.1) is 0 Å². The van der Waals surface area contributed by atoms with Gasteiger partial charge < -0.3 is 20.9 Å². The first kappa shape index (κ1) is 28.7. The molecule has 4 rings (SSSR count). The second kappa shape index (κ2) is 10.3. The Morgan fingerprint density at radius 2 is 0.775 bits per heavy atom. The van der Waals surface area contributed by atoms with Gasteiger partial charge in [0.05, 0.1) is 11.1 Å². The highest BCUT2D eigenvalue weighted by molar-refractivity contribution is 5.71. The van der Waals surface area contributed by atoms with E-state index < -0.39 is 23.5 Å². The lowest BCUT2D eigenvalue weighted by atomic mass is 9.96. The van der Waals surface area contributed by atoms with E-state index >= 15 is 0 Å². The normalized spacial score (nSPS) is 11.9. The summed E-state index contributed by atoms with van der Waals surface area (Å²) in [7, 11) is 0.